The van der Waals surface area contributed by atoms with Crippen molar-refractivity contribution in [1.29, 1.82) is 0 Å². The van der Waals surface area contributed by atoms with Crippen LogP contribution in [0.4, 0.5) is 5.69 Å². The predicted octanol–water partition coefficient (Wildman–Crippen LogP) is 4.11. The average Bonchev–Trinajstić information content (AvgIpc) is 3.23. The molecule has 0 radical (unpaired) electrons. The van der Waals surface area contributed by atoms with E-state index >= 15 is 0 Å². The van der Waals surface area contributed by atoms with Gasteiger partial charge in [-0.25, -0.2) is 0 Å². The fourth-order valence-corrected chi connectivity index (χ4v) is 3.75. The molecule has 1 aliphatic rings. The van der Waals surface area contributed by atoms with E-state index in [9.17, 15) is 4.79 Å². The Balaban J connectivity index is 1.67. The van der Waals surface area contributed by atoms with Gasteiger partial charge in [0.25, 0.3) is 5.91 Å². The molecular weight excluding hydrogens is 362 g/mol. The highest BCUT2D eigenvalue weighted by molar-refractivity contribution is 5.94. The van der Waals surface area contributed by atoms with Crippen molar-refractivity contribution in [2.24, 2.45) is 0 Å². The zero-order valence-electron chi connectivity index (χ0n) is 18.0. The van der Waals surface area contributed by atoms with E-state index in [0.29, 0.717) is 12.1 Å². The Kier molecular flexibility index (Phi) is 7.15. The van der Waals surface area contributed by atoms with Crippen LogP contribution in [0, 0.1) is 0 Å². The van der Waals surface area contributed by atoms with E-state index in [4.69, 9.17) is 4.74 Å². The van der Waals surface area contributed by atoms with Gasteiger partial charge in [-0.1, -0.05) is 12.1 Å². The normalized spacial score (nSPS) is 15.3. The first-order valence-corrected chi connectivity index (χ1v) is 10.5. The fraction of sp³-hybridized carbons (Fsp3) is 0.458. The molecule has 1 saturated heterocycles. The molecule has 29 heavy (non-hydrogen) atoms. The highest BCUT2D eigenvalue weighted by atomic mass is 16.5. The van der Waals surface area contributed by atoms with E-state index < -0.39 is 0 Å². The van der Waals surface area contributed by atoms with Crippen molar-refractivity contribution in [3.05, 3.63) is 59.7 Å². The fourth-order valence-electron chi connectivity index (χ4n) is 3.75. The Labute approximate surface area is 174 Å². The van der Waals surface area contributed by atoms with Crippen LogP contribution in [0.25, 0.3) is 0 Å². The second-order valence-electron chi connectivity index (χ2n) is 8.15. The first-order valence-electron chi connectivity index (χ1n) is 10.5. The van der Waals surface area contributed by atoms with Gasteiger partial charge in [-0.2, -0.15) is 0 Å². The van der Waals surface area contributed by atoms with E-state index in [1.54, 1.807) is 0 Å². The monoisotopic (exact) mass is 395 g/mol. The van der Waals surface area contributed by atoms with Gasteiger partial charge in [0.15, 0.2) is 0 Å². The largest absolute Gasteiger partial charge is 0.491 e. The van der Waals surface area contributed by atoms with Crippen molar-refractivity contribution in [3.8, 4) is 5.75 Å². The zero-order chi connectivity index (χ0) is 20.8. The maximum Gasteiger partial charge on any atom is 0.251 e. The third kappa shape index (κ3) is 5.73. The Morgan fingerprint density at radius 2 is 1.66 bits per heavy atom. The standard InChI is InChI=1S/C24H33N3O2/c1-18(2)29-22-13-9-20(10-14-22)24(28)25-17-23(27-15-5-6-16-27)19-7-11-21(12-8-19)26(3)4/h7-14,18,23H,5-6,15-17H2,1-4H3,(H,25,28)/t23-/m1/s1. The second-order valence-corrected chi connectivity index (χ2v) is 8.15. The summed E-state index contributed by atoms with van der Waals surface area (Å²) in [7, 11) is 4.09. The summed E-state index contributed by atoms with van der Waals surface area (Å²) in [6.45, 7) is 6.74. The molecule has 1 N–H and O–H groups in total. The molecule has 5 nitrogen and oxygen atoms in total. The maximum atomic E-state index is 12.7. The molecule has 1 atom stereocenters. The van der Waals surface area contributed by atoms with Gasteiger partial charge in [-0.05, 0) is 81.7 Å². The van der Waals surface area contributed by atoms with Crippen LogP contribution in [-0.4, -0.2) is 50.6 Å². The number of nitrogens with zero attached hydrogens (tertiary/aromatic N) is 2. The van der Waals surface area contributed by atoms with Crippen LogP contribution in [0.1, 0.15) is 48.7 Å². The highest BCUT2D eigenvalue weighted by Crippen LogP contribution is 2.26. The molecule has 0 saturated carbocycles. The summed E-state index contributed by atoms with van der Waals surface area (Å²) >= 11 is 0. The van der Waals surface area contributed by atoms with Crippen LogP contribution in [-0.2, 0) is 0 Å². The smallest absolute Gasteiger partial charge is 0.251 e. The highest BCUT2D eigenvalue weighted by Gasteiger charge is 2.24. The second kappa shape index (κ2) is 9.79. The summed E-state index contributed by atoms with van der Waals surface area (Å²) in [6, 6.07) is 16.2. The summed E-state index contributed by atoms with van der Waals surface area (Å²) in [6.07, 6.45) is 2.56. The minimum atomic E-state index is -0.0461. The van der Waals surface area contributed by atoms with Crippen molar-refractivity contribution in [3.63, 3.8) is 0 Å². The molecule has 5 heteroatoms. The molecule has 1 aliphatic heterocycles. The van der Waals surface area contributed by atoms with Gasteiger partial charge in [-0.3, -0.25) is 9.69 Å². The van der Waals surface area contributed by atoms with Gasteiger partial charge >= 0.3 is 0 Å². The Morgan fingerprint density at radius 1 is 1.03 bits per heavy atom. The Bertz CT molecular complexity index is 779. The van der Waals surface area contributed by atoms with Crippen LogP contribution < -0.4 is 15.0 Å². The molecule has 0 aromatic heterocycles. The molecule has 0 bridgehead atoms. The number of nitrogens with one attached hydrogen (secondary N) is 1. The quantitative estimate of drug-likeness (QED) is 0.731. The molecule has 2 aromatic carbocycles. The number of anilines is 1. The number of ether oxygens (including phenoxy) is 1. The Hall–Kier alpha value is -2.53. The van der Waals surface area contributed by atoms with Crippen LogP contribution in [0.3, 0.4) is 0 Å². The topological polar surface area (TPSA) is 44.8 Å². The first kappa shape index (κ1) is 21.2. The van der Waals surface area contributed by atoms with Crippen molar-refractivity contribution < 1.29 is 9.53 Å². The lowest BCUT2D eigenvalue weighted by atomic mass is 10.0. The zero-order valence-corrected chi connectivity index (χ0v) is 18.0. The van der Waals surface area contributed by atoms with Gasteiger partial charge < -0.3 is 15.0 Å². The summed E-state index contributed by atoms with van der Waals surface area (Å²) in [5.74, 6) is 0.739. The van der Waals surface area contributed by atoms with Crippen LogP contribution in [0.2, 0.25) is 0 Å². The van der Waals surface area contributed by atoms with E-state index in [-0.39, 0.29) is 18.1 Å². The lowest BCUT2D eigenvalue weighted by molar-refractivity contribution is 0.0938. The predicted molar refractivity (Wildman–Crippen MR) is 119 cm³/mol. The molecule has 0 spiro atoms. The number of amides is 1. The lowest BCUT2D eigenvalue weighted by Crippen LogP contribution is -2.36. The number of hydrogen-bond acceptors (Lipinski definition) is 4. The summed E-state index contributed by atoms with van der Waals surface area (Å²) in [4.78, 5) is 17.3. The van der Waals surface area contributed by atoms with Crippen LogP contribution >= 0.6 is 0 Å². The molecule has 156 valence electrons. The minimum Gasteiger partial charge on any atom is -0.491 e. The van der Waals surface area contributed by atoms with Gasteiger partial charge in [0.05, 0.1) is 12.1 Å². The molecular formula is C24H33N3O2. The number of benzene rings is 2. The van der Waals surface area contributed by atoms with Crippen molar-refractivity contribution in [2.45, 2.75) is 38.8 Å². The molecule has 0 aliphatic carbocycles. The number of carbonyl (C=O) groups is 1. The molecule has 1 fully saturated rings. The van der Waals surface area contributed by atoms with Crippen LogP contribution in [0.15, 0.2) is 48.5 Å². The van der Waals surface area contributed by atoms with Crippen molar-refractivity contribution >= 4 is 11.6 Å². The Morgan fingerprint density at radius 3 is 2.21 bits per heavy atom. The maximum absolute atomic E-state index is 12.7. The molecule has 3 rings (SSSR count). The van der Waals surface area contributed by atoms with Crippen LogP contribution in [0.5, 0.6) is 5.75 Å². The average molecular weight is 396 g/mol. The van der Waals surface area contributed by atoms with Gasteiger partial charge in [-0.15, -0.1) is 0 Å². The van der Waals surface area contributed by atoms with E-state index in [2.05, 4.69) is 39.4 Å². The van der Waals surface area contributed by atoms with Crippen molar-refractivity contribution in [2.75, 3.05) is 38.6 Å². The molecule has 1 heterocycles. The molecule has 2 aromatic rings. The lowest BCUT2D eigenvalue weighted by Gasteiger charge is -2.28. The third-order valence-electron chi connectivity index (χ3n) is 5.32. The van der Waals surface area contributed by atoms with Gasteiger partial charge in [0, 0.05) is 31.9 Å². The minimum absolute atomic E-state index is 0.0461. The third-order valence-corrected chi connectivity index (χ3v) is 5.32. The molecule has 0 unspecified atom stereocenters. The number of likely N-dealkylation sites (tertiary alicyclic amines) is 1. The number of hydrogen-bond donors (Lipinski definition) is 1. The van der Waals surface area contributed by atoms with Gasteiger partial charge in [0.1, 0.15) is 5.75 Å². The first-order chi connectivity index (χ1) is 13.9. The number of carbonyl (C=O) groups excluding carboxylic acids is 1. The van der Waals surface area contributed by atoms with E-state index in [1.807, 2.05) is 52.2 Å². The SMILES string of the molecule is CC(C)Oc1ccc(C(=O)NC[C@H](c2ccc(N(C)C)cc2)N2CCCC2)cc1. The van der Waals surface area contributed by atoms with E-state index in [0.717, 1.165) is 18.8 Å². The molecule has 1 amide bonds. The summed E-state index contributed by atoms with van der Waals surface area (Å²) in [5.41, 5.74) is 3.09. The van der Waals surface area contributed by atoms with Crippen molar-refractivity contribution in [1.82, 2.24) is 10.2 Å². The summed E-state index contributed by atoms with van der Waals surface area (Å²) in [5, 5.41) is 3.14. The summed E-state index contributed by atoms with van der Waals surface area (Å²) < 4.78 is 5.66. The van der Waals surface area contributed by atoms with E-state index in [1.165, 1.54) is 24.1 Å². The number of rotatable bonds is 8. The van der Waals surface area contributed by atoms with Gasteiger partial charge in [0.2, 0.25) is 0 Å².